The summed E-state index contributed by atoms with van der Waals surface area (Å²) in [5.41, 5.74) is 25.1. The van der Waals surface area contributed by atoms with Crippen LogP contribution in [0.15, 0.2) is 205 Å². The van der Waals surface area contributed by atoms with Gasteiger partial charge in [0.15, 0.2) is 0 Å². The average molecular weight is 879 g/mol. The molecular weight excluding hydrogens is 821 g/mol. The monoisotopic (exact) mass is 878 g/mol. The van der Waals surface area contributed by atoms with Crippen molar-refractivity contribution in [2.24, 2.45) is 11.8 Å². The molecule has 2 heterocycles. The van der Waals surface area contributed by atoms with Crippen LogP contribution >= 0.6 is 0 Å². The first-order valence-corrected chi connectivity index (χ1v) is 24.3. The molecule has 68 heavy (non-hydrogen) atoms. The highest BCUT2D eigenvalue weighted by molar-refractivity contribution is 6.20. The Balaban J connectivity index is 1.31. The zero-order chi connectivity index (χ0) is 46.8. The summed E-state index contributed by atoms with van der Waals surface area (Å²) in [4.78, 5) is 0. The molecule has 0 saturated carbocycles. The fraction of sp³-hybridized carbons (Fsp3) is 0.152. The van der Waals surface area contributed by atoms with E-state index in [0.717, 1.165) is 11.4 Å². The summed E-state index contributed by atoms with van der Waals surface area (Å²) in [6.07, 6.45) is 2.48. The first-order chi connectivity index (χ1) is 33.1. The Morgan fingerprint density at radius 3 is 1.12 bits per heavy atom. The first kappa shape index (κ1) is 42.9. The second-order valence-corrected chi connectivity index (χ2v) is 19.2. The van der Waals surface area contributed by atoms with Gasteiger partial charge in [0, 0.05) is 11.4 Å². The maximum atomic E-state index is 2.52. The Labute approximate surface area is 402 Å². The van der Waals surface area contributed by atoms with Crippen LogP contribution in [-0.4, -0.2) is 9.13 Å². The van der Waals surface area contributed by atoms with Crippen LogP contribution in [-0.2, 0) is 0 Å². The number of aromatic nitrogens is 2. The van der Waals surface area contributed by atoms with Gasteiger partial charge in [-0.3, -0.25) is 0 Å². The summed E-state index contributed by atoms with van der Waals surface area (Å²) in [5.74, 6) is 0.680. The van der Waals surface area contributed by atoms with Crippen LogP contribution in [0.1, 0.15) is 55.5 Å². The van der Waals surface area contributed by atoms with E-state index in [9.17, 15) is 0 Å². The Morgan fingerprint density at radius 1 is 0.353 bits per heavy atom. The largest absolute Gasteiger partial charge is 0.309 e. The fourth-order valence-corrected chi connectivity index (χ4v) is 11.3. The molecule has 2 atom stereocenters. The molecule has 10 aromatic rings. The van der Waals surface area contributed by atoms with Crippen LogP contribution in [0.2, 0.25) is 0 Å². The van der Waals surface area contributed by atoms with Gasteiger partial charge in [0.25, 0.3) is 0 Å². The molecule has 2 unspecified atom stereocenters. The Hall–Kier alpha value is -7.68. The lowest BCUT2D eigenvalue weighted by Crippen LogP contribution is -2.16. The van der Waals surface area contributed by atoms with Crippen LogP contribution < -0.4 is 0 Å². The van der Waals surface area contributed by atoms with Crippen LogP contribution in [0.25, 0.3) is 94.6 Å². The number of allylic oxidation sites excluding steroid dienone is 4. The van der Waals surface area contributed by atoms with Crippen molar-refractivity contribution >= 4 is 27.1 Å². The van der Waals surface area contributed by atoms with Gasteiger partial charge in [-0.25, -0.2) is 0 Å². The molecule has 0 N–H and O–H groups in total. The van der Waals surface area contributed by atoms with Crippen molar-refractivity contribution in [1.29, 1.82) is 0 Å². The van der Waals surface area contributed by atoms with Gasteiger partial charge in [-0.2, -0.15) is 0 Å². The normalized spacial score (nSPS) is 15.1. The molecule has 8 aromatic carbocycles. The van der Waals surface area contributed by atoms with Crippen LogP contribution in [0, 0.1) is 39.5 Å². The number of fused-ring (bicyclic) bond motifs is 2. The number of nitrogens with zero attached hydrogens (tertiary/aromatic N) is 2. The average Bonchev–Trinajstić information content (AvgIpc) is 4.03. The molecule has 0 fully saturated rings. The molecule has 0 radical (unpaired) electrons. The molecule has 1 aliphatic carbocycles. The van der Waals surface area contributed by atoms with E-state index in [0.29, 0.717) is 11.8 Å². The summed E-state index contributed by atoms with van der Waals surface area (Å²) in [6, 6.07) is 69.6. The van der Waals surface area contributed by atoms with Crippen molar-refractivity contribution < 1.29 is 0 Å². The minimum Gasteiger partial charge on any atom is -0.309 e. The molecule has 2 aromatic heterocycles. The van der Waals surface area contributed by atoms with Crippen LogP contribution in [0.5, 0.6) is 0 Å². The van der Waals surface area contributed by atoms with Gasteiger partial charge < -0.3 is 9.13 Å². The zero-order valence-corrected chi connectivity index (χ0v) is 40.5. The molecule has 0 aliphatic heterocycles. The van der Waals surface area contributed by atoms with Crippen molar-refractivity contribution in [1.82, 2.24) is 9.13 Å². The summed E-state index contributed by atoms with van der Waals surface area (Å²) >= 11 is 0. The van der Waals surface area contributed by atoms with E-state index >= 15 is 0 Å². The lowest BCUT2D eigenvalue weighted by Gasteiger charge is -2.32. The Morgan fingerprint density at radius 2 is 0.721 bits per heavy atom. The summed E-state index contributed by atoms with van der Waals surface area (Å²) in [7, 11) is 0. The van der Waals surface area contributed by atoms with Crippen molar-refractivity contribution in [3.63, 3.8) is 0 Å². The van der Waals surface area contributed by atoms with Gasteiger partial charge in [-0.1, -0.05) is 165 Å². The Kier molecular flexibility index (Phi) is 10.9. The molecule has 11 rings (SSSR count). The lowest BCUT2D eigenvalue weighted by atomic mass is 9.72. The number of hydrogen-bond donors (Lipinski definition) is 0. The summed E-state index contributed by atoms with van der Waals surface area (Å²) in [6.45, 7) is 18.7. The minimum atomic E-state index is 0.300. The van der Waals surface area contributed by atoms with E-state index in [2.05, 4.69) is 259 Å². The van der Waals surface area contributed by atoms with Crippen LogP contribution in [0.3, 0.4) is 0 Å². The quantitative estimate of drug-likeness (QED) is 0.135. The van der Waals surface area contributed by atoms with E-state index in [1.807, 2.05) is 0 Å². The number of rotatable bonds is 8. The Bertz CT molecular complexity index is 3480. The topological polar surface area (TPSA) is 9.86 Å². The van der Waals surface area contributed by atoms with E-state index < -0.39 is 0 Å². The lowest BCUT2D eigenvalue weighted by molar-refractivity contribution is 0.561. The number of aryl methyl sites for hydroxylation is 2. The molecule has 0 spiro atoms. The van der Waals surface area contributed by atoms with Gasteiger partial charge in [0.1, 0.15) is 0 Å². The summed E-state index contributed by atoms with van der Waals surface area (Å²) in [5, 5.41) is 5.10. The maximum Gasteiger partial charge on any atom is 0.0535 e. The van der Waals surface area contributed by atoms with E-state index in [1.54, 1.807) is 0 Å². The molecule has 2 nitrogen and oxygen atoms in total. The third-order valence-corrected chi connectivity index (χ3v) is 15.3. The first-order valence-electron chi connectivity index (χ1n) is 24.3. The third kappa shape index (κ3) is 7.10. The molecular formula is C66H58N2. The van der Waals surface area contributed by atoms with Crippen LogP contribution in [0.4, 0.5) is 0 Å². The van der Waals surface area contributed by atoms with E-state index in [-0.39, 0.29) is 0 Å². The SMILES string of the molecule is CC1=CC(C)C(C)C(c2c3cc(-n4c(-c5ccccc5)ccc4-c4ccccc4)ccc3c(-c3c(C)c(C)cc(C)c3C)c3cc(-n4c(-c5ccccc5)ccc4-c4ccccc4)ccc23)=C1C. The maximum absolute atomic E-state index is 2.52. The smallest absolute Gasteiger partial charge is 0.0535 e. The molecule has 332 valence electrons. The number of hydrogen-bond acceptors (Lipinski definition) is 0. The predicted molar refractivity (Wildman–Crippen MR) is 291 cm³/mol. The predicted octanol–water partition coefficient (Wildman–Crippen LogP) is 18.1. The molecule has 0 bridgehead atoms. The number of benzene rings is 8. The van der Waals surface area contributed by atoms with Crippen molar-refractivity contribution in [3.05, 3.63) is 233 Å². The standard InChI is InChI=1S/C66H58N2/c1-41-37-42(2)46(6)63(45(41)5)65-55-31-29-54(68-61(51-25-17-11-18-26-51)35-36-62(68)52-27-19-12-20-28-52)40-58(55)66(64-47(7)43(3)38-44(4)48(64)8)56-32-30-53(39-57(56)65)67-59(49-21-13-9-14-22-49)33-34-60(67)50-23-15-10-16-24-50/h9-41,45H,1-8H3. The molecule has 0 saturated heterocycles. The third-order valence-electron chi connectivity index (χ3n) is 15.3. The highest BCUT2D eigenvalue weighted by Crippen LogP contribution is 2.51. The van der Waals surface area contributed by atoms with Crippen molar-refractivity contribution in [2.45, 2.75) is 55.4 Å². The second-order valence-electron chi connectivity index (χ2n) is 19.2. The molecule has 0 amide bonds. The van der Waals surface area contributed by atoms with Crippen molar-refractivity contribution in [2.75, 3.05) is 0 Å². The summed E-state index contributed by atoms with van der Waals surface area (Å²) < 4.78 is 4.96. The van der Waals surface area contributed by atoms with Gasteiger partial charge in [0.05, 0.1) is 22.8 Å². The van der Waals surface area contributed by atoms with Gasteiger partial charge in [-0.05, 0) is 196 Å². The van der Waals surface area contributed by atoms with Crippen molar-refractivity contribution in [3.8, 4) is 67.5 Å². The molecule has 1 aliphatic rings. The highest BCUT2D eigenvalue weighted by atomic mass is 15.0. The fourth-order valence-electron chi connectivity index (χ4n) is 11.3. The second kappa shape index (κ2) is 17.2. The van der Waals surface area contributed by atoms with Gasteiger partial charge in [0.2, 0.25) is 0 Å². The molecule has 2 heteroatoms. The van der Waals surface area contributed by atoms with E-state index in [1.165, 1.54) is 122 Å². The zero-order valence-electron chi connectivity index (χ0n) is 40.5. The van der Waals surface area contributed by atoms with Gasteiger partial charge >= 0.3 is 0 Å². The highest BCUT2D eigenvalue weighted by Gasteiger charge is 2.30. The van der Waals surface area contributed by atoms with E-state index in [4.69, 9.17) is 0 Å². The van der Waals surface area contributed by atoms with Gasteiger partial charge in [-0.15, -0.1) is 0 Å². The minimum absolute atomic E-state index is 0.300.